The molecule has 2 heterocycles. The van der Waals surface area contributed by atoms with E-state index < -0.39 is 0 Å². The highest BCUT2D eigenvalue weighted by molar-refractivity contribution is 5.90. The van der Waals surface area contributed by atoms with E-state index in [-0.39, 0.29) is 30.3 Å². The maximum atomic E-state index is 12.4. The lowest BCUT2D eigenvalue weighted by molar-refractivity contribution is -0.126. The van der Waals surface area contributed by atoms with E-state index in [4.69, 9.17) is 9.15 Å². The van der Waals surface area contributed by atoms with Gasteiger partial charge in [0.05, 0.1) is 19.8 Å². The largest absolute Gasteiger partial charge is 0.496 e. The molecule has 1 aromatic carbocycles. The predicted octanol–water partition coefficient (Wildman–Crippen LogP) is 2.08. The molecule has 6 heteroatoms. The Bertz CT molecular complexity index is 781. The molecule has 24 heavy (non-hydrogen) atoms. The van der Waals surface area contributed by atoms with E-state index >= 15 is 0 Å². The second kappa shape index (κ2) is 6.55. The van der Waals surface area contributed by atoms with Crippen LogP contribution >= 0.6 is 0 Å². The van der Waals surface area contributed by atoms with Crippen LogP contribution in [0.4, 0.5) is 0 Å². The van der Waals surface area contributed by atoms with Gasteiger partial charge in [-0.3, -0.25) is 9.59 Å². The van der Waals surface area contributed by atoms with Crippen LogP contribution in [0.1, 0.15) is 30.9 Å². The molecule has 2 unspecified atom stereocenters. The number of carbonyl (C=O) groups excluding carboxylic acids is 2. The van der Waals surface area contributed by atoms with Gasteiger partial charge in [0, 0.05) is 35.0 Å². The number of carbonyl (C=O) groups is 2. The number of amides is 2. The number of fused-ring (bicyclic) bond motifs is 1. The number of nitrogens with one attached hydrogen (secondary N) is 2. The third kappa shape index (κ3) is 3.09. The third-order valence-electron chi connectivity index (χ3n) is 4.61. The zero-order chi connectivity index (χ0) is 17.3. The molecule has 0 radical (unpaired) electrons. The highest BCUT2D eigenvalue weighted by atomic mass is 16.5. The molecule has 0 saturated carbocycles. The van der Waals surface area contributed by atoms with Gasteiger partial charge in [-0.15, -0.1) is 0 Å². The Kier molecular flexibility index (Phi) is 4.46. The van der Waals surface area contributed by atoms with Gasteiger partial charge in [0.1, 0.15) is 11.3 Å². The van der Waals surface area contributed by atoms with Crippen molar-refractivity contribution >= 4 is 22.8 Å². The predicted molar refractivity (Wildman–Crippen MR) is 90.0 cm³/mol. The Morgan fingerprint density at radius 3 is 2.96 bits per heavy atom. The minimum absolute atomic E-state index is 0.0322. The lowest BCUT2D eigenvalue weighted by atomic mass is 9.99. The average molecular weight is 330 g/mol. The summed E-state index contributed by atoms with van der Waals surface area (Å²) >= 11 is 0. The summed E-state index contributed by atoms with van der Waals surface area (Å²) in [5.74, 6) is 0.733. The van der Waals surface area contributed by atoms with Crippen molar-refractivity contribution in [2.24, 2.45) is 0 Å². The zero-order valence-corrected chi connectivity index (χ0v) is 14.1. The Balaban J connectivity index is 1.72. The second-order valence-electron chi connectivity index (χ2n) is 6.28. The van der Waals surface area contributed by atoms with Crippen LogP contribution in [0, 0.1) is 6.92 Å². The lowest BCUT2D eigenvalue weighted by Gasteiger charge is -2.30. The maximum Gasteiger partial charge on any atom is 0.224 e. The molecule has 128 valence electrons. The SMILES string of the molecule is COc1ccc2c(CC(=O)NC3CCC(=O)NC3C)coc2c1C. The summed E-state index contributed by atoms with van der Waals surface area (Å²) in [6.45, 7) is 3.84. The van der Waals surface area contributed by atoms with Crippen molar-refractivity contribution in [1.82, 2.24) is 10.6 Å². The lowest BCUT2D eigenvalue weighted by Crippen LogP contribution is -2.54. The molecule has 2 N–H and O–H groups in total. The number of hydrogen-bond donors (Lipinski definition) is 2. The molecular formula is C18H22N2O4. The summed E-state index contributed by atoms with van der Waals surface area (Å²) in [5, 5.41) is 6.79. The van der Waals surface area contributed by atoms with Gasteiger partial charge < -0.3 is 19.8 Å². The molecular weight excluding hydrogens is 308 g/mol. The summed E-state index contributed by atoms with van der Waals surface area (Å²) in [6.07, 6.45) is 2.99. The molecule has 2 aromatic rings. The smallest absolute Gasteiger partial charge is 0.224 e. The normalized spacial score (nSPS) is 20.7. The zero-order valence-electron chi connectivity index (χ0n) is 14.1. The molecule has 1 aromatic heterocycles. The minimum Gasteiger partial charge on any atom is -0.496 e. The van der Waals surface area contributed by atoms with Crippen molar-refractivity contribution in [2.45, 2.75) is 45.2 Å². The Hall–Kier alpha value is -2.50. The number of benzene rings is 1. The molecule has 0 spiro atoms. The molecule has 1 aliphatic rings. The van der Waals surface area contributed by atoms with Crippen molar-refractivity contribution in [2.75, 3.05) is 7.11 Å². The van der Waals surface area contributed by atoms with Gasteiger partial charge in [-0.05, 0) is 32.4 Å². The number of aryl methyl sites for hydroxylation is 1. The highest BCUT2D eigenvalue weighted by Gasteiger charge is 2.26. The van der Waals surface area contributed by atoms with Crippen LogP contribution in [0.2, 0.25) is 0 Å². The molecule has 0 bridgehead atoms. The first-order valence-corrected chi connectivity index (χ1v) is 8.12. The summed E-state index contributed by atoms with van der Waals surface area (Å²) in [4.78, 5) is 23.7. The fourth-order valence-corrected chi connectivity index (χ4v) is 3.22. The molecule has 0 aliphatic carbocycles. The van der Waals surface area contributed by atoms with Crippen LogP contribution in [0.5, 0.6) is 5.75 Å². The van der Waals surface area contributed by atoms with E-state index in [1.54, 1.807) is 13.4 Å². The Morgan fingerprint density at radius 1 is 1.46 bits per heavy atom. The van der Waals surface area contributed by atoms with E-state index in [1.165, 1.54) is 0 Å². The summed E-state index contributed by atoms with van der Waals surface area (Å²) in [5.41, 5.74) is 2.52. The van der Waals surface area contributed by atoms with Crippen LogP contribution in [-0.4, -0.2) is 31.0 Å². The van der Waals surface area contributed by atoms with Gasteiger partial charge in [-0.2, -0.15) is 0 Å². The van der Waals surface area contributed by atoms with E-state index in [9.17, 15) is 9.59 Å². The number of ether oxygens (including phenoxy) is 1. The standard InChI is InChI=1S/C18H22N2O4/c1-10-15(23-3)6-4-13-12(9-24-18(10)13)8-17(22)20-14-5-7-16(21)19-11(14)2/h4,6,9,11,14H,5,7-8H2,1-3H3,(H,19,21)(H,20,22). The molecule has 2 atom stereocenters. The quantitative estimate of drug-likeness (QED) is 0.899. The summed E-state index contributed by atoms with van der Waals surface area (Å²) in [6, 6.07) is 3.71. The van der Waals surface area contributed by atoms with Crippen LogP contribution in [-0.2, 0) is 16.0 Å². The maximum absolute atomic E-state index is 12.4. The number of hydrogen-bond acceptors (Lipinski definition) is 4. The van der Waals surface area contributed by atoms with Gasteiger partial charge >= 0.3 is 0 Å². The van der Waals surface area contributed by atoms with Crippen molar-refractivity contribution in [3.8, 4) is 5.75 Å². The van der Waals surface area contributed by atoms with Crippen molar-refractivity contribution in [3.63, 3.8) is 0 Å². The van der Waals surface area contributed by atoms with Crippen LogP contribution in [0.25, 0.3) is 11.0 Å². The highest BCUT2D eigenvalue weighted by Crippen LogP contribution is 2.30. The second-order valence-corrected chi connectivity index (χ2v) is 6.28. The van der Waals surface area contributed by atoms with Crippen LogP contribution < -0.4 is 15.4 Å². The molecule has 1 aliphatic heterocycles. The first kappa shape index (κ1) is 16.4. The Morgan fingerprint density at radius 2 is 2.25 bits per heavy atom. The van der Waals surface area contributed by atoms with E-state index in [1.807, 2.05) is 26.0 Å². The first-order valence-electron chi connectivity index (χ1n) is 8.12. The minimum atomic E-state index is -0.0702. The summed E-state index contributed by atoms with van der Waals surface area (Å²) in [7, 11) is 1.62. The average Bonchev–Trinajstić information content (AvgIpc) is 2.94. The fourth-order valence-electron chi connectivity index (χ4n) is 3.22. The van der Waals surface area contributed by atoms with Crippen molar-refractivity contribution in [3.05, 3.63) is 29.5 Å². The third-order valence-corrected chi connectivity index (χ3v) is 4.61. The molecule has 1 fully saturated rings. The Labute approximate surface area is 140 Å². The fraction of sp³-hybridized carbons (Fsp3) is 0.444. The van der Waals surface area contributed by atoms with Gasteiger partial charge in [0.25, 0.3) is 0 Å². The number of rotatable bonds is 4. The molecule has 6 nitrogen and oxygen atoms in total. The summed E-state index contributed by atoms with van der Waals surface area (Å²) < 4.78 is 10.9. The molecule has 2 amide bonds. The number of piperidine rings is 1. The van der Waals surface area contributed by atoms with Gasteiger partial charge in [-0.25, -0.2) is 0 Å². The van der Waals surface area contributed by atoms with E-state index in [0.717, 1.165) is 27.8 Å². The van der Waals surface area contributed by atoms with Gasteiger partial charge in [0.2, 0.25) is 11.8 Å². The first-order chi connectivity index (χ1) is 11.5. The van der Waals surface area contributed by atoms with Crippen LogP contribution in [0.15, 0.2) is 22.8 Å². The van der Waals surface area contributed by atoms with Crippen LogP contribution in [0.3, 0.4) is 0 Å². The van der Waals surface area contributed by atoms with E-state index in [0.29, 0.717) is 12.8 Å². The molecule has 3 rings (SSSR count). The van der Waals surface area contributed by atoms with Crippen molar-refractivity contribution < 1.29 is 18.7 Å². The van der Waals surface area contributed by atoms with Gasteiger partial charge in [-0.1, -0.05) is 0 Å². The van der Waals surface area contributed by atoms with E-state index in [2.05, 4.69) is 10.6 Å². The number of methoxy groups -OCH3 is 1. The van der Waals surface area contributed by atoms with Crippen molar-refractivity contribution in [1.29, 1.82) is 0 Å². The molecule has 1 saturated heterocycles. The van der Waals surface area contributed by atoms with Gasteiger partial charge in [0.15, 0.2) is 0 Å². The number of furan rings is 1. The topological polar surface area (TPSA) is 80.6 Å². The monoisotopic (exact) mass is 330 g/mol.